The highest BCUT2D eigenvalue weighted by molar-refractivity contribution is 7.87. The number of hydrogen-bond acceptors (Lipinski definition) is 4. The molecule has 0 aliphatic carbocycles. The van der Waals surface area contributed by atoms with Crippen molar-refractivity contribution in [2.45, 2.75) is 32.2 Å². The van der Waals surface area contributed by atoms with Crippen LogP contribution in [-0.4, -0.2) is 55.2 Å². The second-order valence-corrected chi connectivity index (χ2v) is 7.41. The third kappa shape index (κ3) is 4.18. The van der Waals surface area contributed by atoms with Gasteiger partial charge in [0.2, 0.25) is 0 Å². The first-order valence-corrected chi connectivity index (χ1v) is 8.83. The molecule has 1 fully saturated rings. The van der Waals surface area contributed by atoms with Crippen molar-refractivity contribution in [1.82, 2.24) is 18.8 Å². The summed E-state index contributed by atoms with van der Waals surface area (Å²) in [6.45, 7) is 4.13. The van der Waals surface area contributed by atoms with Crippen LogP contribution in [-0.2, 0) is 17.3 Å². The zero-order valence-electron chi connectivity index (χ0n) is 13.0. The first-order chi connectivity index (χ1) is 9.92. The molecule has 1 atom stereocenters. The Hall–Kier alpha value is -1.12. The van der Waals surface area contributed by atoms with Gasteiger partial charge < -0.3 is 4.90 Å². The minimum Gasteiger partial charge on any atom is -0.367 e. The van der Waals surface area contributed by atoms with E-state index in [0.29, 0.717) is 13.1 Å². The zero-order valence-corrected chi connectivity index (χ0v) is 13.8. The van der Waals surface area contributed by atoms with Crippen molar-refractivity contribution in [3.05, 3.63) is 12.4 Å². The van der Waals surface area contributed by atoms with Crippen LogP contribution in [0.4, 0.5) is 5.69 Å². The highest BCUT2D eigenvalue weighted by Gasteiger charge is 2.26. The van der Waals surface area contributed by atoms with Gasteiger partial charge in [0.05, 0.1) is 11.9 Å². The average molecular weight is 315 g/mol. The molecule has 0 amide bonds. The monoisotopic (exact) mass is 315 g/mol. The zero-order chi connectivity index (χ0) is 15.5. The minimum atomic E-state index is -3.39. The molecular formula is C13H25N5O2S. The molecule has 2 rings (SSSR count). The highest BCUT2D eigenvalue weighted by atomic mass is 32.2. The van der Waals surface area contributed by atoms with Gasteiger partial charge in [-0.3, -0.25) is 4.68 Å². The van der Waals surface area contributed by atoms with Crippen molar-refractivity contribution in [1.29, 1.82) is 0 Å². The predicted octanol–water partition coefficient (Wildman–Crippen LogP) is 0.565. The first kappa shape index (κ1) is 16.3. The van der Waals surface area contributed by atoms with E-state index in [0.717, 1.165) is 31.5 Å². The fourth-order valence-corrected chi connectivity index (χ4v) is 3.83. The van der Waals surface area contributed by atoms with Crippen LogP contribution >= 0.6 is 0 Å². The molecule has 1 aliphatic heterocycles. The Balaban J connectivity index is 1.98. The first-order valence-electron chi connectivity index (χ1n) is 7.39. The van der Waals surface area contributed by atoms with Gasteiger partial charge in [-0.25, -0.2) is 0 Å². The molecule has 2 heterocycles. The molecule has 1 saturated heterocycles. The summed E-state index contributed by atoms with van der Waals surface area (Å²) in [6.07, 6.45) is 6.43. The fraction of sp³-hybridized carbons (Fsp3) is 0.769. The van der Waals surface area contributed by atoms with Crippen molar-refractivity contribution >= 4 is 15.9 Å². The van der Waals surface area contributed by atoms with Gasteiger partial charge in [-0.15, -0.1) is 0 Å². The Labute approximate surface area is 127 Å². The molecule has 1 aromatic heterocycles. The van der Waals surface area contributed by atoms with Crippen molar-refractivity contribution in [3.63, 3.8) is 0 Å². The lowest BCUT2D eigenvalue weighted by Crippen LogP contribution is -2.51. The smallest absolute Gasteiger partial charge is 0.279 e. The number of piperidine rings is 1. The van der Waals surface area contributed by atoms with Crippen LogP contribution in [0.5, 0.6) is 0 Å². The summed E-state index contributed by atoms with van der Waals surface area (Å²) in [7, 11) is 0.114. The van der Waals surface area contributed by atoms with Gasteiger partial charge in [-0.2, -0.15) is 22.5 Å². The summed E-state index contributed by atoms with van der Waals surface area (Å²) in [5.74, 6) is 0. The molecule has 120 valence electrons. The maximum Gasteiger partial charge on any atom is 0.279 e. The van der Waals surface area contributed by atoms with Crippen molar-refractivity contribution < 1.29 is 8.42 Å². The van der Waals surface area contributed by atoms with E-state index in [1.165, 1.54) is 4.31 Å². The van der Waals surface area contributed by atoms with Gasteiger partial charge in [0.1, 0.15) is 0 Å². The molecule has 0 bridgehead atoms. The maximum absolute atomic E-state index is 12.2. The van der Waals surface area contributed by atoms with Crippen molar-refractivity contribution in [3.8, 4) is 0 Å². The summed E-state index contributed by atoms with van der Waals surface area (Å²) < 4.78 is 30.4. The Morgan fingerprint density at radius 2 is 2.29 bits per heavy atom. The van der Waals surface area contributed by atoms with Crippen LogP contribution in [0.25, 0.3) is 0 Å². The lowest BCUT2D eigenvalue weighted by molar-refractivity contribution is 0.422. The summed E-state index contributed by atoms with van der Waals surface area (Å²) in [4.78, 5) is 2.18. The maximum atomic E-state index is 12.2. The van der Waals surface area contributed by atoms with E-state index >= 15 is 0 Å². The third-order valence-electron chi connectivity index (χ3n) is 3.74. The minimum absolute atomic E-state index is 0.0525. The van der Waals surface area contributed by atoms with Crippen LogP contribution < -0.4 is 9.62 Å². The van der Waals surface area contributed by atoms with E-state index in [4.69, 9.17) is 0 Å². The van der Waals surface area contributed by atoms with Crippen molar-refractivity contribution in [2.75, 3.05) is 31.6 Å². The van der Waals surface area contributed by atoms with Gasteiger partial charge in [0, 0.05) is 46.0 Å². The topological polar surface area (TPSA) is 70.5 Å². The molecule has 1 N–H and O–H groups in total. The van der Waals surface area contributed by atoms with Crippen LogP contribution in [0.15, 0.2) is 12.4 Å². The number of anilines is 1. The van der Waals surface area contributed by atoms with Gasteiger partial charge in [-0.1, -0.05) is 6.92 Å². The molecule has 1 unspecified atom stereocenters. The summed E-state index contributed by atoms with van der Waals surface area (Å²) in [6, 6.07) is -0.0525. The lowest BCUT2D eigenvalue weighted by Gasteiger charge is -2.34. The normalized spacial score (nSPS) is 20.2. The molecule has 0 saturated carbocycles. The number of rotatable bonds is 6. The second kappa shape index (κ2) is 6.76. The highest BCUT2D eigenvalue weighted by Crippen LogP contribution is 2.19. The fourth-order valence-electron chi connectivity index (χ4n) is 2.62. The van der Waals surface area contributed by atoms with E-state index in [-0.39, 0.29) is 6.04 Å². The van der Waals surface area contributed by atoms with Gasteiger partial charge in [0.15, 0.2) is 0 Å². The number of nitrogens with zero attached hydrogens (tertiary/aromatic N) is 4. The molecular weight excluding hydrogens is 290 g/mol. The molecule has 21 heavy (non-hydrogen) atoms. The Bertz CT molecular complexity index is 557. The Morgan fingerprint density at radius 3 is 2.90 bits per heavy atom. The van der Waals surface area contributed by atoms with E-state index in [2.05, 4.69) is 14.7 Å². The van der Waals surface area contributed by atoms with Crippen LogP contribution in [0.1, 0.15) is 26.2 Å². The number of nitrogens with one attached hydrogen (secondary N) is 1. The SMILES string of the molecule is CCCN(C)S(=O)(=O)NC1CCCN(c2cnn(C)c2)C1. The average Bonchev–Trinajstić information content (AvgIpc) is 2.85. The van der Waals surface area contributed by atoms with Crippen LogP contribution in [0, 0.1) is 0 Å². The number of aromatic nitrogens is 2. The molecule has 0 spiro atoms. The molecule has 1 aromatic rings. The quantitative estimate of drug-likeness (QED) is 0.833. The van der Waals surface area contributed by atoms with Gasteiger partial charge in [0.25, 0.3) is 10.2 Å². The van der Waals surface area contributed by atoms with E-state index < -0.39 is 10.2 Å². The van der Waals surface area contributed by atoms with Crippen LogP contribution in [0.2, 0.25) is 0 Å². The number of hydrogen-bond donors (Lipinski definition) is 1. The molecule has 0 radical (unpaired) electrons. The van der Waals surface area contributed by atoms with E-state index in [9.17, 15) is 8.42 Å². The molecule has 7 nitrogen and oxygen atoms in total. The summed E-state index contributed by atoms with van der Waals surface area (Å²) in [5.41, 5.74) is 1.04. The molecule has 0 aromatic carbocycles. The molecule has 8 heteroatoms. The van der Waals surface area contributed by atoms with E-state index in [1.807, 2.05) is 26.4 Å². The van der Waals surface area contributed by atoms with Crippen molar-refractivity contribution in [2.24, 2.45) is 7.05 Å². The lowest BCUT2D eigenvalue weighted by atomic mass is 10.1. The standard InChI is InChI=1S/C13H25N5O2S/c1-4-7-17(3)21(19,20)15-12-6-5-8-18(10-12)13-9-14-16(2)11-13/h9,11-12,15H,4-8,10H2,1-3H3. The Kier molecular flexibility index (Phi) is 5.23. The summed E-state index contributed by atoms with van der Waals surface area (Å²) >= 11 is 0. The van der Waals surface area contributed by atoms with E-state index in [1.54, 1.807) is 11.7 Å². The molecule has 1 aliphatic rings. The number of aryl methyl sites for hydroxylation is 1. The largest absolute Gasteiger partial charge is 0.367 e. The second-order valence-electron chi connectivity index (χ2n) is 5.60. The van der Waals surface area contributed by atoms with Crippen LogP contribution in [0.3, 0.4) is 0 Å². The summed E-state index contributed by atoms with van der Waals surface area (Å²) in [5, 5.41) is 4.17. The predicted molar refractivity (Wildman–Crippen MR) is 83.4 cm³/mol. The van der Waals surface area contributed by atoms with Gasteiger partial charge >= 0.3 is 0 Å². The third-order valence-corrected chi connectivity index (χ3v) is 5.38. The van der Waals surface area contributed by atoms with Gasteiger partial charge in [-0.05, 0) is 19.3 Å². The Morgan fingerprint density at radius 1 is 1.52 bits per heavy atom.